The molecule has 0 unspecified atom stereocenters. The molecule has 0 bridgehead atoms. The van der Waals surface area contributed by atoms with Crippen molar-refractivity contribution >= 4 is 12.3 Å². The van der Waals surface area contributed by atoms with E-state index in [4.69, 9.17) is 9.47 Å². The Morgan fingerprint density at radius 2 is 0.700 bits per heavy atom. The lowest BCUT2D eigenvalue weighted by Gasteiger charge is -2.06. The Labute approximate surface area is 184 Å². The summed E-state index contributed by atoms with van der Waals surface area (Å²) in [5, 5.41) is 0. The summed E-state index contributed by atoms with van der Waals surface area (Å²) in [6.45, 7) is 4.98. The normalized spacial score (nSPS) is 10.6. The van der Waals surface area contributed by atoms with Crippen molar-refractivity contribution in [3.05, 3.63) is 0 Å². The molecular weight excluding hydrogens is 384 g/mol. The highest BCUT2D eigenvalue weighted by Gasteiger charge is 2.11. The van der Waals surface area contributed by atoms with E-state index in [0.29, 0.717) is 0 Å². The van der Waals surface area contributed by atoms with E-state index in [1.807, 2.05) is 0 Å². The van der Waals surface area contributed by atoms with Crippen molar-refractivity contribution < 1.29 is 28.8 Å². The molecule has 0 saturated heterocycles. The lowest BCUT2D eigenvalue weighted by Crippen LogP contribution is -2.14. The van der Waals surface area contributed by atoms with E-state index in [9.17, 15) is 9.59 Å². The Morgan fingerprint density at radius 3 is 1.00 bits per heavy atom. The van der Waals surface area contributed by atoms with Gasteiger partial charge in [-0.15, -0.1) is 0 Å². The summed E-state index contributed by atoms with van der Waals surface area (Å²) in [6.07, 6.45) is 19.3. The fourth-order valence-corrected chi connectivity index (χ4v) is 3.25. The number of hydrogen-bond acceptors (Lipinski definition) is 6. The van der Waals surface area contributed by atoms with Crippen molar-refractivity contribution in [1.82, 2.24) is 0 Å². The van der Waals surface area contributed by atoms with Gasteiger partial charge in [-0.25, -0.2) is 0 Å². The molecule has 0 amide bonds. The van der Waals surface area contributed by atoms with Crippen LogP contribution in [0, 0.1) is 0 Å². The van der Waals surface area contributed by atoms with Crippen molar-refractivity contribution in [2.75, 3.05) is 13.2 Å². The molecule has 0 fully saturated rings. The average molecular weight is 431 g/mol. The van der Waals surface area contributed by atoms with Gasteiger partial charge < -0.3 is 9.47 Å². The molecule has 0 aliphatic carbocycles. The first kappa shape index (κ1) is 28.5. The Kier molecular flexibility index (Phi) is 22.7. The van der Waals surface area contributed by atoms with Crippen molar-refractivity contribution in [3.8, 4) is 0 Å². The first-order chi connectivity index (χ1) is 14.7. The van der Waals surface area contributed by atoms with Crippen LogP contribution in [-0.2, 0) is 19.2 Å². The number of rotatable bonds is 20. The summed E-state index contributed by atoms with van der Waals surface area (Å²) in [4.78, 5) is 31.3. The predicted octanol–water partition coefficient (Wildman–Crippen LogP) is 8.27. The third-order valence-corrected chi connectivity index (χ3v) is 5.11. The molecular formula is C24H46O6. The topological polar surface area (TPSA) is 71.1 Å². The zero-order valence-electron chi connectivity index (χ0n) is 19.6. The number of carbonyl (C=O) groups excluding carboxylic acids is 2. The highest BCUT2D eigenvalue weighted by Crippen LogP contribution is 2.10. The minimum absolute atomic E-state index is 0.269. The predicted molar refractivity (Wildman–Crippen MR) is 119 cm³/mol. The van der Waals surface area contributed by atoms with Crippen LogP contribution in [0.4, 0.5) is 9.59 Å². The largest absolute Gasteiger partial charge is 0.549 e. The summed E-state index contributed by atoms with van der Waals surface area (Å²) >= 11 is 0. The quantitative estimate of drug-likeness (QED) is 0.0837. The van der Waals surface area contributed by atoms with Gasteiger partial charge in [0.25, 0.3) is 0 Å². The molecule has 6 nitrogen and oxygen atoms in total. The smallest absolute Gasteiger partial charge is 0.432 e. The summed E-state index contributed by atoms with van der Waals surface area (Å²) in [6, 6.07) is 0. The van der Waals surface area contributed by atoms with Crippen LogP contribution in [0.15, 0.2) is 0 Å². The number of hydrogen-bond donors (Lipinski definition) is 0. The zero-order valence-corrected chi connectivity index (χ0v) is 19.6. The number of ether oxygens (including phenoxy) is 2. The molecule has 0 spiro atoms. The number of unbranched alkanes of at least 4 members (excludes halogenated alkanes) is 16. The van der Waals surface area contributed by atoms with Gasteiger partial charge in [0.05, 0.1) is 13.2 Å². The molecule has 6 heteroatoms. The molecule has 0 atom stereocenters. The van der Waals surface area contributed by atoms with Crippen molar-refractivity contribution in [2.45, 2.75) is 129 Å². The van der Waals surface area contributed by atoms with Crippen LogP contribution in [0.25, 0.3) is 0 Å². The van der Waals surface area contributed by atoms with Gasteiger partial charge in [-0.05, 0) is 12.8 Å². The van der Waals surface area contributed by atoms with Gasteiger partial charge in [0.15, 0.2) is 0 Å². The van der Waals surface area contributed by atoms with E-state index < -0.39 is 12.3 Å². The Hall–Kier alpha value is -1.46. The fraction of sp³-hybridized carbons (Fsp3) is 0.917. The van der Waals surface area contributed by atoms with Crippen molar-refractivity contribution in [2.24, 2.45) is 0 Å². The molecule has 0 aliphatic heterocycles. The van der Waals surface area contributed by atoms with E-state index in [-0.39, 0.29) is 13.2 Å². The minimum Gasteiger partial charge on any atom is -0.432 e. The third kappa shape index (κ3) is 22.8. The maximum Gasteiger partial charge on any atom is 0.549 e. The van der Waals surface area contributed by atoms with Crippen LogP contribution in [0.2, 0.25) is 0 Å². The van der Waals surface area contributed by atoms with Gasteiger partial charge in [-0.1, -0.05) is 117 Å². The fourth-order valence-electron chi connectivity index (χ4n) is 3.25. The molecule has 0 rings (SSSR count). The van der Waals surface area contributed by atoms with Gasteiger partial charge in [0, 0.05) is 0 Å². The Bertz CT molecular complexity index is 350. The highest BCUT2D eigenvalue weighted by molar-refractivity contribution is 5.63. The molecule has 0 heterocycles. The van der Waals surface area contributed by atoms with E-state index in [1.165, 1.54) is 77.0 Å². The highest BCUT2D eigenvalue weighted by atomic mass is 17.3. The van der Waals surface area contributed by atoms with Crippen LogP contribution in [-0.4, -0.2) is 25.5 Å². The van der Waals surface area contributed by atoms with E-state index in [0.717, 1.165) is 38.5 Å². The van der Waals surface area contributed by atoms with Gasteiger partial charge in [0.1, 0.15) is 0 Å². The Morgan fingerprint density at radius 1 is 0.433 bits per heavy atom. The maximum absolute atomic E-state index is 11.3. The van der Waals surface area contributed by atoms with E-state index in [2.05, 4.69) is 23.6 Å². The summed E-state index contributed by atoms with van der Waals surface area (Å²) in [5.41, 5.74) is 0. The molecule has 0 aromatic heterocycles. The second kappa shape index (κ2) is 23.8. The first-order valence-electron chi connectivity index (χ1n) is 12.4. The van der Waals surface area contributed by atoms with Gasteiger partial charge in [-0.2, -0.15) is 19.4 Å². The second-order valence-corrected chi connectivity index (χ2v) is 8.02. The maximum atomic E-state index is 11.3. The molecule has 0 aromatic rings. The molecule has 30 heavy (non-hydrogen) atoms. The molecule has 0 saturated carbocycles. The number of carbonyl (C=O) groups is 2. The van der Waals surface area contributed by atoms with Crippen LogP contribution in [0.5, 0.6) is 0 Å². The van der Waals surface area contributed by atoms with Crippen LogP contribution < -0.4 is 0 Å². The van der Waals surface area contributed by atoms with E-state index >= 15 is 0 Å². The summed E-state index contributed by atoms with van der Waals surface area (Å²) in [7, 11) is 0. The van der Waals surface area contributed by atoms with Gasteiger partial charge in [-0.3, -0.25) is 0 Å². The van der Waals surface area contributed by atoms with Gasteiger partial charge in [0.2, 0.25) is 0 Å². The SMILES string of the molecule is CCCCCCCCCCCOC(=O)OOC(=O)OCCCCCCCCCCC. The van der Waals surface area contributed by atoms with Crippen molar-refractivity contribution in [3.63, 3.8) is 0 Å². The Balaban J connectivity index is 3.31. The van der Waals surface area contributed by atoms with Crippen LogP contribution >= 0.6 is 0 Å². The van der Waals surface area contributed by atoms with E-state index in [1.54, 1.807) is 0 Å². The molecule has 0 radical (unpaired) electrons. The monoisotopic (exact) mass is 430 g/mol. The first-order valence-corrected chi connectivity index (χ1v) is 12.4. The average Bonchev–Trinajstić information content (AvgIpc) is 2.75. The lowest BCUT2D eigenvalue weighted by atomic mass is 10.1. The summed E-state index contributed by atoms with van der Waals surface area (Å²) in [5.74, 6) is 0. The molecule has 0 aromatic carbocycles. The summed E-state index contributed by atoms with van der Waals surface area (Å²) < 4.78 is 9.73. The van der Waals surface area contributed by atoms with Crippen LogP contribution in [0.3, 0.4) is 0 Å². The lowest BCUT2D eigenvalue weighted by molar-refractivity contribution is -0.217. The minimum atomic E-state index is -1.01. The second-order valence-electron chi connectivity index (χ2n) is 8.02. The zero-order chi connectivity index (χ0) is 22.1. The molecule has 0 aliphatic rings. The third-order valence-electron chi connectivity index (χ3n) is 5.11. The molecule has 0 N–H and O–H groups in total. The van der Waals surface area contributed by atoms with Gasteiger partial charge >= 0.3 is 12.3 Å². The van der Waals surface area contributed by atoms with Crippen LogP contribution in [0.1, 0.15) is 129 Å². The van der Waals surface area contributed by atoms with Crippen molar-refractivity contribution in [1.29, 1.82) is 0 Å². The standard InChI is InChI=1S/C24H46O6/c1-3-5-7-9-11-13-15-17-19-21-27-23(25)29-30-24(26)28-22-20-18-16-14-12-10-8-6-4-2/h3-22H2,1-2H3. The molecule has 178 valence electrons.